The second-order valence-corrected chi connectivity index (χ2v) is 6.21. The first kappa shape index (κ1) is 16.6. The third-order valence-electron chi connectivity index (χ3n) is 4.42. The third kappa shape index (κ3) is 3.02. The van der Waals surface area contributed by atoms with Crippen molar-refractivity contribution in [2.75, 3.05) is 11.4 Å². The van der Waals surface area contributed by atoms with Gasteiger partial charge in [-0.2, -0.15) is 18.3 Å². The highest BCUT2D eigenvalue weighted by molar-refractivity contribution is 5.65. The highest BCUT2D eigenvalue weighted by Crippen LogP contribution is 2.34. The fraction of sp³-hybridized carbons (Fsp3) is 0.278. The van der Waals surface area contributed by atoms with Gasteiger partial charge in [-0.1, -0.05) is 17.3 Å². The predicted octanol–water partition coefficient (Wildman–Crippen LogP) is 4.02. The second-order valence-electron chi connectivity index (χ2n) is 6.21. The van der Waals surface area contributed by atoms with Gasteiger partial charge in [-0.3, -0.25) is 0 Å². The van der Waals surface area contributed by atoms with Gasteiger partial charge in [-0.15, -0.1) is 5.10 Å². The number of anilines is 1. The van der Waals surface area contributed by atoms with Crippen molar-refractivity contribution in [3.05, 3.63) is 59.0 Å². The van der Waals surface area contributed by atoms with Crippen molar-refractivity contribution in [1.29, 1.82) is 0 Å². The van der Waals surface area contributed by atoms with Gasteiger partial charge in [0.2, 0.25) is 0 Å². The zero-order valence-corrected chi connectivity index (χ0v) is 13.9. The SMILES string of the molecule is Cc1ccc(N2CCc3onc(-c4ccc(C(F)(F)F)cc4)c3C2)nn1. The van der Waals surface area contributed by atoms with Crippen LogP contribution in [0.2, 0.25) is 0 Å². The van der Waals surface area contributed by atoms with E-state index in [1.54, 1.807) is 0 Å². The molecular formula is C18H15F3N4O. The van der Waals surface area contributed by atoms with E-state index in [1.165, 1.54) is 12.1 Å². The quantitative estimate of drug-likeness (QED) is 0.691. The van der Waals surface area contributed by atoms with Crippen molar-refractivity contribution in [1.82, 2.24) is 15.4 Å². The molecule has 0 fully saturated rings. The minimum absolute atomic E-state index is 0.521. The molecule has 1 aromatic carbocycles. The lowest BCUT2D eigenvalue weighted by Gasteiger charge is -2.26. The molecule has 0 bridgehead atoms. The number of aryl methyl sites for hydroxylation is 1. The molecule has 0 radical (unpaired) electrons. The summed E-state index contributed by atoms with van der Waals surface area (Å²) in [4.78, 5) is 2.06. The number of halogens is 3. The van der Waals surface area contributed by atoms with Gasteiger partial charge in [0, 0.05) is 24.1 Å². The topological polar surface area (TPSA) is 55.1 Å². The smallest absolute Gasteiger partial charge is 0.360 e. The van der Waals surface area contributed by atoms with Crippen molar-refractivity contribution >= 4 is 5.82 Å². The summed E-state index contributed by atoms with van der Waals surface area (Å²) in [6.45, 7) is 3.10. The van der Waals surface area contributed by atoms with Crippen molar-refractivity contribution in [3.8, 4) is 11.3 Å². The van der Waals surface area contributed by atoms with Crippen molar-refractivity contribution in [2.24, 2.45) is 0 Å². The van der Waals surface area contributed by atoms with Gasteiger partial charge in [-0.05, 0) is 31.2 Å². The Morgan fingerprint density at radius 1 is 1.04 bits per heavy atom. The normalized spacial score (nSPS) is 14.4. The third-order valence-corrected chi connectivity index (χ3v) is 4.42. The van der Waals surface area contributed by atoms with Crippen LogP contribution in [-0.2, 0) is 19.1 Å². The van der Waals surface area contributed by atoms with Gasteiger partial charge >= 0.3 is 6.18 Å². The second kappa shape index (κ2) is 6.12. The minimum atomic E-state index is -4.36. The fourth-order valence-electron chi connectivity index (χ4n) is 3.01. The minimum Gasteiger partial charge on any atom is -0.360 e. The molecule has 2 aromatic heterocycles. The van der Waals surface area contributed by atoms with E-state index in [4.69, 9.17) is 4.52 Å². The Morgan fingerprint density at radius 3 is 2.46 bits per heavy atom. The number of alkyl halides is 3. The standard InChI is InChI=1S/C18H15F3N4O/c1-11-2-7-16(23-22-11)25-9-8-15-14(10-25)17(24-26-15)12-3-5-13(6-4-12)18(19,20)21/h2-7H,8-10H2,1H3. The van der Waals surface area contributed by atoms with Gasteiger partial charge in [0.25, 0.3) is 0 Å². The van der Waals surface area contributed by atoms with Gasteiger partial charge in [0.1, 0.15) is 11.5 Å². The zero-order valence-electron chi connectivity index (χ0n) is 13.9. The van der Waals surface area contributed by atoms with Gasteiger partial charge in [0.05, 0.1) is 17.8 Å². The molecule has 0 spiro atoms. The molecule has 1 aliphatic heterocycles. The largest absolute Gasteiger partial charge is 0.416 e. The zero-order chi connectivity index (χ0) is 18.3. The van der Waals surface area contributed by atoms with Crippen LogP contribution < -0.4 is 4.90 Å². The van der Waals surface area contributed by atoms with E-state index in [-0.39, 0.29) is 0 Å². The lowest BCUT2D eigenvalue weighted by molar-refractivity contribution is -0.137. The first-order chi connectivity index (χ1) is 12.4. The monoisotopic (exact) mass is 360 g/mol. The molecule has 5 nitrogen and oxygen atoms in total. The molecular weight excluding hydrogens is 345 g/mol. The molecule has 0 aliphatic carbocycles. The van der Waals surface area contributed by atoms with Crippen LogP contribution in [0.25, 0.3) is 11.3 Å². The lowest BCUT2D eigenvalue weighted by atomic mass is 10.0. The van der Waals surface area contributed by atoms with Gasteiger partial charge < -0.3 is 9.42 Å². The first-order valence-electron chi connectivity index (χ1n) is 8.12. The number of rotatable bonds is 2. The summed E-state index contributed by atoms with van der Waals surface area (Å²) >= 11 is 0. The highest BCUT2D eigenvalue weighted by Gasteiger charge is 2.31. The molecule has 26 heavy (non-hydrogen) atoms. The molecule has 0 amide bonds. The molecule has 0 unspecified atom stereocenters. The molecule has 4 rings (SSSR count). The van der Waals surface area contributed by atoms with Crippen molar-refractivity contribution < 1.29 is 17.7 Å². The summed E-state index contributed by atoms with van der Waals surface area (Å²) in [5, 5.41) is 12.4. The van der Waals surface area contributed by atoms with E-state index in [9.17, 15) is 13.2 Å². The highest BCUT2D eigenvalue weighted by atomic mass is 19.4. The summed E-state index contributed by atoms with van der Waals surface area (Å²) in [6, 6.07) is 8.75. The number of benzene rings is 1. The summed E-state index contributed by atoms with van der Waals surface area (Å²) in [5.74, 6) is 1.51. The van der Waals surface area contributed by atoms with Crippen LogP contribution in [0.1, 0.15) is 22.6 Å². The fourth-order valence-corrected chi connectivity index (χ4v) is 3.01. The number of hydrogen-bond donors (Lipinski definition) is 0. The predicted molar refractivity (Wildman–Crippen MR) is 88.5 cm³/mol. The summed E-state index contributed by atoms with van der Waals surface area (Å²) < 4.78 is 43.7. The van der Waals surface area contributed by atoms with Gasteiger partial charge in [-0.25, -0.2) is 0 Å². The van der Waals surface area contributed by atoms with Crippen LogP contribution in [0, 0.1) is 6.92 Å². The molecule has 3 heterocycles. The maximum Gasteiger partial charge on any atom is 0.416 e. The maximum absolute atomic E-state index is 12.7. The lowest BCUT2D eigenvalue weighted by Crippen LogP contribution is -2.30. The molecule has 0 atom stereocenters. The molecule has 1 aliphatic rings. The number of fused-ring (bicyclic) bond motifs is 1. The molecule has 3 aromatic rings. The van der Waals surface area contributed by atoms with E-state index < -0.39 is 11.7 Å². The first-order valence-corrected chi connectivity index (χ1v) is 8.12. The van der Waals surface area contributed by atoms with E-state index in [0.717, 1.165) is 35.0 Å². The van der Waals surface area contributed by atoms with Crippen LogP contribution in [0.4, 0.5) is 19.0 Å². The van der Waals surface area contributed by atoms with E-state index in [0.29, 0.717) is 30.8 Å². The molecule has 8 heteroatoms. The Kier molecular flexibility index (Phi) is 3.90. The number of aromatic nitrogens is 3. The van der Waals surface area contributed by atoms with Crippen LogP contribution in [0.3, 0.4) is 0 Å². The van der Waals surface area contributed by atoms with Crippen molar-refractivity contribution in [3.63, 3.8) is 0 Å². The molecule has 0 saturated carbocycles. The Balaban J connectivity index is 1.63. The summed E-state index contributed by atoms with van der Waals surface area (Å²) in [7, 11) is 0. The molecule has 0 saturated heterocycles. The Morgan fingerprint density at radius 2 is 1.81 bits per heavy atom. The maximum atomic E-state index is 12.7. The van der Waals surface area contributed by atoms with Crippen LogP contribution in [-0.4, -0.2) is 21.9 Å². The van der Waals surface area contributed by atoms with Crippen molar-refractivity contribution in [2.45, 2.75) is 26.1 Å². The molecule has 134 valence electrons. The average Bonchev–Trinajstić information content (AvgIpc) is 3.05. The van der Waals surface area contributed by atoms with E-state index in [2.05, 4.69) is 20.3 Å². The Labute approximate surface area is 147 Å². The van der Waals surface area contributed by atoms with E-state index in [1.807, 2.05) is 19.1 Å². The van der Waals surface area contributed by atoms with Crippen LogP contribution in [0.5, 0.6) is 0 Å². The summed E-state index contributed by atoms with van der Waals surface area (Å²) in [6.07, 6.45) is -3.71. The van der Waals surface area contributed by atoms with E-state index >= 15 is 0 Å². The average molecular weight is 360 g/mol. The van der Waals surface area contributed by atoms with Crippen LogP contribution >= 0.6 is 0 Å². The summed E-state index contributed by atoms with van der Waals surface area (Å²) in [5.41, 5.74) is 2.19. The number of hydrogen-bond acceptors (Lipinski definition) is 5. The Bertz CT molecular complexity index is 917. The van der Waals surface area contributed by atoms with Gasteiger partial charge in [0.15, 0.2) is 5.82 Å². The van der Waals surface area contributed by atoms with Crippen LogP contribution in [0.15, 0.2) is 40.9 Å². The number of nitrogens with zero attached hydrogens (tertiary/aromatic N) is 4. The molecule has 0 N–H and O–H groups in total. The Hall–Kier alpha value is -2.90.